The Hall–Kier alpha value is -5.34. The number of fused-ring (bicyclic) bond motifs is 12. The van der Waals surface area contributed by atoms with E-state index in [2.05, 4.69) is 114 Å². The maximum Gasteiger partial charge on any atom is 0.126 e. The first-order valence-corrected chi connectivity index (χ1v) is 35.5. The zero-order chi connectivity index (χ0) is 65.0. The summed E-state index contributed by atoms with van der Waals surface area (Å²) in [6, 6.07) is 26.8. The fraction of sp³-hybridized carbons (Fsp3) is 0.462. The van der Waals surface area contributed by atoms with Gasteiger partial charge in [-0.05, 0) is 253 Å². The molecule has 0 amide bonds. The van der Waals surface area contributed by atoms with E-state index in [9.17, 15) is 0 Å². The van der Waals surface area contributed by atoms with Crippen LogP contribution in [0.2, 0.25) is 0 Å². The highest BCUT2D eigenvalue weighted by Gasteiger charge is 2.27. The van der Waals surface area contributed by atoms with Crippen LogP contribution in [0.1, 0.15) is 260 Å². The number of benzene rings is 6. The van der Waals surface area contributed by atoms with Gasteiger partial charge in [-0.3, -0.25) is 0 Å². The Morgan fingerprint density at radius 2 is 0.344 bits per heavy atom. The fourth-order valence-electron chi connectivity index (χ4n) is 11.6. The molecule has 6 nitrogen and oxygen atoms in total. The first-order valence-electron chi connectivity index (χ1n) is 33.1. The van der Waals surface area contributed by atoms with Crippen molar-refractivity contribution in [2.75, 3.05) is 39.6 Å². The van der Waals surface area contributed by atoms with Gasteiger partial charge in [-0.1, -0.05) is 153 Å². The third-order valence-corrected chi connectivity index (χ3v) is 18.1. The van der Waals surface area contributed by atoms with Crippen LogP contribution < -0.4 is 28.4 Å². The quantitative estimate of drug-likeness (QED) is 0.0245. The summed E-state index contributed by atoms with van der Waals surface area (Å²) in [5.74, 6) is 5.02. The van der Waals surface area contributed by atoms with Crippen LogP contribution in [0, 0.1) is 0 Å². The average molecular weight is 1320 g/mol. The van der Waals surface area contributed by atoms with Crippen molar-refractivity contribution in [3.05, 3.63) is 173 Å². The molecule has 0 radical (unpaired) electrons. The normalized spacial score (nSPS) is 12.1. The molecule has 1 aliphatic rings. The van der Waals surface area contributed by atoms with E-state index in [0.717, 1.165) is 241 Å². The molecule has 0 saturated carbocycles. The van der Waals surface area contributed by atoms with Crippen molar-refractivity contribution in [3.63, 3.8) is 0 Å². The van der Waals surface area contributed by atoms with E-state index >= 15 is 0 Å². The lowest BCUT2D eigenvalue weighted by atomic mass is 9.87. The molecule has 0 aliphatic heterocycles. The molecule has 90 heavy (non-hydrogen) atoms. The summed E-state index contributed by atoms with van der Waals surface area (Å²) in [4.78, 5) is 4.74. The summed E-state index contributed by atoms with van der Waals surface area (Å²) in [5.41, 5.74) is 18.0. The minimum atomic E-state index is 0.488. The van der Waals surface area contributed by atoms with Crippen LogP contribution in [0.5, 0.6) is 34.5 Å². The molecule has 12 bridgehead atoms. The van der Waals surface area contributed by atoms with Gasteiger partial charge in [0, 0.05) is 67.7 Å². The standard InChI is InChI=1S/C78H96O6S6/c1-13-19-25-79-73-61-31-55(49(7)85)32-62(73)44-64-34-57(51(9)87)36-66(75(64)81-27-21-15-3)46-68-38-59(53(11)89)40-70(77(68)83-29-23-17-5)48-72-42-60(54(12)90)41-71(78(72)84-30-24-18-6)47-69-39-58(52(10)88)37-67(76(69)82-28-22-16-4)45-65-35-56(50(8)86)33-63(43-61)74(65)80-26-20-14-2/h31-42H,13-30,43-48H2,1-12H3. The van der Waals surface area contributed by atoms with Crippen molar-refractivity contribution in [2.45, 2.75) is 199 Å². The maximum atomic E-state index is 7.16. The topological polar surface area (TPSA) is 55.4 Å². The van der Waals surface area contributed by atoms with Crippen LogP contribution in [-0.2, 0) is 38.5 Å². The molecule has 0 N–H and O–H groups in total. The molecule has 12 heteroatoms. The first-order chi connectivity index (χ1) is 43.3. The molecule has 480 valence electrons. The van der Waals surface area contributed by atoms with Gasteiger partial charge < -0.3 is 28.4 Å². The van der Waals surface area contributed by atoms with Crippen molar-refractivity contribution in [3.8, 4) is 34.5 Å². The van der Waals surface area contributed by atoms with Crippen molar-refractivity contribution in [1.29, 1.82) is 0 Å². The number of hydrogen-bond donors (Lipinski definition) is 0. The highest BCUT2D eigenvalue weighted by atomic mass is 32.1. The monoisotopic (exact) mass is 1320 g/mol. The van der Waals surface area contributed by atoms with E-state index < -0.39 is 0 Å². The van der Waals surface area contributed by atoms with Gasteiger partial charge in [-0.2, -0.15) is 0 Å². The molecule has 6 aromatic carbocycles. The van der Waals surface area contributed by atoms with Gasteiger partial charge in [0.2, 0.25) is 0 Å². The zero-order valence-corrected chi connectivity index (χ0v) is 60.7. The van der Waals surface area contributed by atoms with Gasteiger partial charge in [0.05, 0.1) is 39.6 Å². The lowest BCUT2D eigenvalue weighted by Crippen LogP contribution is -2.13. The van der Waals surface area contributed by atoms with Crippen molar-refractivity contribution in [1.82, 2.24) is 0 Å². The molecular formula is C78H96O6S6. The lowest BCUT2D eigenvalue weighted by Gasteiger charge is -2.25. The minimum Gasteiger partial charge on any atom is -0.493 e. The first kappa shape index (κ1) is 72.1. The van der Waals surface area contributed by atoms with E-state index in [1.807, 2.05) is 41.5 Å². The predicted octanol–water partition coefficient (Wildman–Crippen LogP) is 21.0. The number of rotatable bonds is 30. The van der Waals surface area contributed by atoms with Gasteiger partial charge in [0.15, 0.2) is 0 Å². The predicted molar refractivity (Wildman–Crippen MR) is 402 cm³/mol. The molecule has 0 aromatic heterocycles. The largest absolute Gasteiger partial charge is 0.493 e. The van der Waals surface area contributed by atoms with Gasteiger partial charge >= 0.3 is 0 Å². The van der Waals surface area contributed by atoms with E-state index in [-0.39, 0.29) is 0 Å². The van der Waals surface area contributed by atoms with E-state index in [4.69, 9.17) is 102 Å². The molecule has 0 fully saturated rings. The van der Waals surface area contributed by atoms with Crippen LogP contribution in [0.25, 0.3) is 0 Å². The molecule has 0 heterocycles. The lowest BCUT2D eigenvalue weighted by molar-refractivity contribution is 0.297. The maximum absolute atomic E-state index is 7.16. The highest BCUT2D eigenvalue weighted by molar-refractivity contribution is 7.81. The smallest absolute Gasteiger partial charge is 0.126 e. The molecular weight excluding hydrogens is 1230 g/mol. The second-order valence-electron chi connectivity index (χ2n) is 24.4. The summed E-state index contributed by atoms with van der Waals surface area (Å²) in [6.45, 7) is 28.5. The van der Waals surface area contributed by atoms with Gasteiger partial charge in [-0.15, -0.1) is 0 Å². The Balaban J connectivity index is 1.69. The summed E-state index contributed by atoms with van der Waals surface area (Å²) in [5, 5.41) is 0. The average Bonchev–Trinajstić information content (AvgIpc) is 0.823. The zero-order valence-electron chi connectivity index (χ0n) is 55.8. The Morgan fingerprint density at radius 3 is 0.433 bits per heavy atom. The molecule has 7 rings (SSSR count). The third kappa shape index (κ3) is 19.4. The number of unbranched alkanes of at least 4 members (excludes halogenated alkanes) is 6. The van der Waals surface area contributed by atoms with E-state index in [1.54, 1.807) is 0 Å². The van der Waals surface area contributed by atoms with Crippen LogP contribution in [0.15, 0.2) is 72.8 Å². The Bertz CT molecular complexity index is 2840. The number of ether oxygens (including phenoxy) is 6. The second kappa shape index (κ2) is 35.6. The van der Waals surface area contributed by atoms with E-state index in [0.29, 0.717) is 78.2 Å². The summed E-state index contributed by atoms with van der Waals surface area (Å²) in [6.07, 6.45) is 14.1. The Kier molecular flexibility index (Phi) is 28.5. The third-order valence-electron chi connectivity index (χ3n) is 16.6. The van der Waals surface area contributed by atoms with Gasteiger partial charge in [0.25, 0.3) is 0 Å². The molecule has 0 unspecified atom stereocenters. The van der Waals surface area contributed by atoms with Crippen molar-refractivity contribution >= 4 is 102 Å². The molecule has 0 atom stereocenters. The SMILES string of the molecule is CCCCOc1c2cc(C(C)=S)cc1Cc1cc(C(C)=S)cc(c1OCCCC)Cc1cc(C(C)=S)cc(c1OCCCC)Cc1cc(C(C)=S)cc(c1OCCCC)Cc1cc(C(C)=S)cc(c1OCCCC)Cc1cc(C(C)=S)cc(c1OCCCC)C2. The summed E-state index contributed by atoms with van der Waals surface area (Å²) >= 11 is 36.9. The van der Waals surface area contributed by atoms with Crippen LogP contribution in [0.3, 0.4) is 0 Å². The van der Waals surface area contributed by atoms with Gasteiger partial charge in [-0.25, -0.2) is 0 Å². The minimum absolute atomic E-state index is 0.488. The van der Waals surface area contributed by atoms with Crippen LogP contribution >= 0.6 is 73.3 Å². The molecule has 6 aromatic rings. The molecule has 0 spiro atoms. The van der Waals surface area contributed by atoms with Crippen molar-refractivity contribution in [2.24, 2.45) is 0 Å². The molecule has 1 aliphatic carbocycles. The van der Waals surface area contributed by atoms with Crippen molar-refractivity contribution < 1.29 is 28.4 Å². The van der Waals surface area contributed by atoms with Crippen LogP contribution in [-0.4, -0.2) is 68.8 Å². The molecule has 0 saturated heterocycles. The van der Waals surface area contributed by atoms with Gasteiger partial charge in [0.1, 0.15) is 34.5 Å². The fourth-order valence-corrected chi connectivity index (χ4v) is 12.3. The Labute approximate surface area is 572 Å². The number of thiocarbonyl (C=S) groups is 6. The summed E-state index contributed by atoms with van der Waals surface area (Å²) < 4.78 is 43.0. The second-order valence-corrected chi connectivity index (χ2v) is 28.0. The Morgan fingerprint density at radius 1 is 0.233 bits per heavy atom. The summed E-state index contributed by atoms with van der Waals surface area (Å²) in [7, 11) is 0. The number of hydrogen-bond acceptors (Lipinski definition) is 12. The highest BCUT2D eigenvalue weighted by Crippen LogP contribution is 2.43. The van der Waals surface area contributed by atoms with Crippen LogP contribution in [0.4, 0.5) is 0 Å². The van der Waals surface area contributed by atoms with E-state index in [1.165, 1.54) is 0 Å².